The second-order valence-electron chi connectivity index (χ2n) is 7.86. The first-order valence-electron chi connectivity index (χ1n) is 9.06. The van der Waals surface area contributed by atoms with Crippen LogP contribution in [0.3, 0.4) is 0 Å². The summed E-state index contributed by atoms with van der Waals surface area (Å²) in [4.78, 5) is 0. The zero-order valence-corrected chi connectivity index (χ0v) is 15.8. The van der Waals surface area contributed by atoms with Crippen LogP contribution < -0.4 is 0 Å². The molecule has 4 rings (SSSR count). The lowest BCUT2D eigenvalue weighted by molar-refractivity contribution is -0.218. The average molecular weight is 394 g/mol. The molecule has 0 spiro atoms. The van der Waals surface area contributed by atoms with Crippen LogP contribution in [0.2, 0.25) is 0 Å². The highest BCUT2D eigenvalue weighted by atomic mass is 16.8. The Morgan fingerprint density at radius 2 is 1.15 bits per heavy atom. The van der Waals surface area contributed by atoms with Crippen LogP contribution in [-0.4, -0.2) is 82.7 Å². The minimum atomic E-state index is -0.809. The van der Waals surface area contributed by atoms with E-state index in [1.54, 1.807) is 13.8 Å². The van der Waals surface area contributed by atoms with Gasteiger partial charge in [0.1, 0.15) is 30.5 Å². The Bertz CT molecular complexity index is 453. The van der Waals surface area contributed by atoms with Crippen LogP contribution in [0.4, 0.5) is 0 Å². The minimum Gasteiger partial charge on any atom is -0.394 e. The van der Waals surface area contributed by atoms with Gasteiger partial charge in [-0.3, -0.25) is 0 Å². The predicted octanol–water partition coefficient (Wildman–Crippen LogP) is 0.486. The van der Waals surface area contributed by atoms with Crippen molar-refractivity contribution < 1.29 is 43.7 Å². The molecule has 4 saturated heterocycles. The van der Waals surface area contributed by atoms with Gasteiger partial charge in [0.2, 0.25) is 0 Å². The molecule has 4 fully saturated rings. The zero-order chi connectivity index (χ0) is 19.3. The van der Waals surface area contributed by atoms with Crippen LogP contribution >= 0.6 is 0 Å². The predicted molar refractivity (Wildman–Crippen MR) is 93.5 cm³/mol. The molecule has 3 N–H and O–H groups in total. The Kier molecular flexibility index (Phi) is 6.94. The summed E-state index contributed by atoms with van der Waals surface area (Å²) < 4.78 is 32.5. The largest absolute Gasteiger partial charge is 0.394 e. The molecule has 0 amide bonds. The van der Waals surface area contributed by atoms with E-state index in [9.17, 15) is 10.2 Å². The van der Waals surface area contributed by atoms with Gasteiger partial charge in [-0.15, -0.1) is 0 Å². The van der Waals surface area contributed by atoms with Gasteiger partial charge in [0.15, 0.2) is 24.2 Å². The van der Waals surface area contributed by atoms with Crippen molar-refractivity contribution in [3.05, 3.63) is 0 Å². The van der Waals surface area contributed by atoms with Crippen molar-refractivity contribution in [3.8, 4) is 0 Å². The highest BCUT2D eigenvalue weighted by Crippen LogP contribution is 2.38. The molecular formula is C18H34O9. The molecule has 4 aliphatic heterocycles. The fourth-order valence-corrected chi connectivity index (χ4v) is 3.60. The van der Waals surface area contributed by atoms with Gasteiger partial charge in [0.05, 0.1) is 12.7 Å². The zero-order valence-electron chi connectivity index (χ0n) is 15.8. The van der Waals surface area contributed by atoms with E-state index in [1.807, 2.05) is 20.8 Å². The maximum absolute atomic E-state index is 9.76. The van der Waals surface area contributed by atoms with Crippen molar-refractivity contribution in [3.63, 3.8) is 0 Å². The summed E-state index contributed by atoms with van der Waals surface area (Å²) in [6.07, 6.45) is -3.07. The van der Waals surface area contributed by atoms with Crippen LogP contribution in [0.5, 0.6) is 0 Å². The number of fused-ring (bicyclic) bond motifs is 2. The molecule has 4 aliphatic rings. The van der Waals surface area contributed by atoms with Gasteiger partial charge in [-0.05, 0) is 34.1 Å². The summed E-state index contributed by atoms with van der Waals surface area (Å²) in [7, 11) is 0. The van der Waals surface area contributed by atoms with Crippen LogP contribution in [0.1, 0.15) is 48.5 Å². The van der Waals surface area contributed by atoms with Crippen LogP contribution in [0.25, 0.3) is 0 Å². The third kappa shape index (κ3) is 4.63. The number of hydrogen-bond acceptors (Lipinski definition) is 9. The van der Waals surface area contributed by atoms with Crippen molar-refractivity contribution >= 4 is 0 Å². The van der Waals surface area contributed by atoms with E-state index in [4.69, 9.17) is 33.5 Å². The molecule has 160 valence electrons. The minimum absolute atomic E-state index is 0. The first kappa shape index (κ1) is 22.9. The molecule has 0 bridgehead atoms. The third-order valence-electron chi connectivity index (χ3n) is 4.81. The van der Waals surface area contributed by atoms with E-state index < -0.39 is 48.6 Å². The summed E-state index contributed by atoms with van der Waals surface area (Å²) in [5, 5.41) is 28.2. The van der Waals surface area contributed by atoms with Crippen molar-refractivity contribution in [1.82, 2.24) is 0 Å². The quantitative estimate of drug-likeness (QED) is 0.615. The molecule has 0 aromatic carbocycles. The molecule has 0 aromatic rings. The SMILES string of the molecule is C.CC1(C)O[C@H]2O[C@H](CO)[C@H](O)[C@H]2O1.CC[C@H]1O[C@@H]2OC(C)(C)O[C@@H]2[C@H]1O. The van der Waals surface area contributed by atoms with Crippen molar-refractivity contribution in [2.75, 3.05) is 6.61 Å². The number of aliphatic hydroxyl groups excluding tert-OH is 3. The lowest BCUT2D eigenvalue weighted by atomic mass is 10.1. The number of rotatable bonds is 2. The summed E-state index contributed by atoms with van der Waals surface area (Å²) in [6, 6.07) is 0. The molecule has 9 nitrogen and oxygen atoms in total. The summed E-state index contributed by atoms with van der Waals surface area (Å²) in [6.45, 7) is 8.91. The van der Waals surface area contributed by atoms with Gasteiger partial charge in [-0.1, -0.05) is 14.4 Å². The van der Waals surface area contributed by atoms with E-state index in [1.165, 1.54) is 0 Å². The molecular weight excluding hydrogens is 360 g/mol. The first-order valence-corrected chi connectivity index (χ1v) is 9.06. The summed E-state index contributed by atoms with van der Waals surface area (Å²) in [5.41, 5.74) is 0. The van der Waals surface area contributed by atoms with Gasteiger partial charge in [-0.2, -0.15) is 0 Å². The second kappa shape index (κ2) is 8.17. The molecule has 0 aromatic heterocycles. The first-order chi connectivity index (χ1) is 12.1. The Labute approximate surface area is 160 Å². The van der Waals surface area contributed by atoms with E-state index >= 15 is 0 Å². The van der Waals surface area contributed by atoms with Crippen LogP contribution in [0, 0.1) is 0 Å². The summed E-state index contributed by atoms with van der Waals surface area (Å²) >= 11 is 0. The lowest BCUT2D eigenvalue weighted by Crippen LogP contribution is -2.36. The highest BCUT2D eigenvalue weighted by Gasteiger charge is 2.54. The second-order valence-corrected chi connectivity index (χ2v) is 7.86. The maximum atomic E-state index is 9.76. The third-order valence-corrected chi connectivity index (χ3v) is 4.81. The molecule has 0 saturated carbocycles. The van der Waals surface area contributed by atoms with Gasteiger partial charge in [0.25, 0.3) is 0 Å². The molecule has 0 aliphatic carbocycles. The Balaban J connectivity index is 0.000000187. The number of aliphatic hydroxyl groups is 3. The highest BCUT2D eigenvalue weighted by molar-refractivity contribution is 4.93. The Morgan fingerprint density at radius 3 is 1.52 bits per heavy atom. The fraction of sp³-hybridized carbons (Fsp3) is 1.00. The van der Waals surface area contributed by atoms with Crippen LogP contribution in [0.15, 0.2) is 0 Å². The molecule has 0 unspecified atom stereocenters. The summed E-state index contributed by atoms with van der Waals surface area (Å²) in [5.74, 6) is -1.34. The van der Waals surface area contributed by atoms with Crippen molar-refractivity contribution in [2.24, 2.45) is 0 Å². The van der Waals surface area contributed by atoms with Gasteiger partial charge in [0, 0.05) is 0 Å². The maximum Gasteiger partial charge on any atom is 0.190 e. The molecule has 8 atom stereocenters. The monoisotopic (exact) mass is 394 g/mol. The normalized spacial score (nSPS) is 46.2. The lowest BCUT2D eigenvalue weighted by Gasteiger charge is -2.22. The van der Waals surface area contributed by atoms with E-state index in [0.717, 1.165) is 6.42 Å². The Morgan fingerprint density at radius 1 is 0.741 bits per heavy atom. The van der Waals surface area contributed by atoms with Crippen LogP contribution in [-0.2, 0) is 28.4 Å². The van der Waals surface area contributed by atoms with Gasteiger partial charge >= 0.3 is 0 Å². The topological polar surface area (TPSA) is 116 Å². The van der Waals surface area contributed by atoms with Gasteiger partial charge in [-0.25, -0.2) is 0 Å². The van der Waals surface area contributed by atoms with Gasteiger partial charge < -0.3 is 43.7 Å². The van der Waals surface area contributed by atoms with Crippen molar-refractivity contribution in [2.45, 2.75) is 109 Å². The number of hydrogen-bond donors (Lipinski definition) is 3. The molecule has 9 heteroatoms. The Hall–Kier alpha value is -0.360. The van der Waals surface area contributed by atoms with E-state index in [0.29, 0.717) is 0 Å². The fourth-order valence-electron chi connectivity index (χ4n) is 3.60. The molecule has 27 heavy (non-hydrogen) atoms. The van der Waals surface area contributed by atoms with E-state index in [2.05, 4.69) is 0 Å². The molecule has 4 heterocycles. The average Bonchev–Trinajstić information content (AvgIpc) is 3.20. The standard InChI is InChI=1S/C9H16O4.C8H14O5.CH4/c1-4-5-6(10)7-8(11-5)13-9(2,3)12-7;1-8(2)12-6-5(10)4(3-9)11-7(6)13-8;/h5-8,10H,4H2,1-3H3;4-7,9-10H,3H2,1-2H3;1H4/t5-,6+,7-,8-;4-,5+,6-,7-;/m11./s1. The smallest absolute Gasteiger partial charge is 0.190 e. The number of ether oxygens (including phenoxy) is 6. The molecule has 0 radical (unpaired) electrons. The van der Waals surface area contributed by atoms with E-state index in [-0.39, 0.29) is 26.2 Å². The van der Waals surface area contributed by atoms with Crippen molar-refractivity contribution in [1.29, 1.82) is 0 Å².